The van der Waals surface area contributed by atoms with Gasteiger partial charge in [-0.25, -0.2) is 4.98 Å². The summed E-state index contributed by atoms with van der Waals surface area (Å²) in [6, 6.07) is 9.85. The molecular weight excluding hydrogens is 352 g/mol. The summed E-state index contributed by atoms with van der Waals surface area (Å²) in [5.74, 6) is 1.06. The van der Waals surface area contributed by atoms with Crippen LogP contribution in [-0.4, -0.2) is 49.2 Å². The van der Waals surface area contributed by atoms with E-state index in [2.05, 4.69) is 35.6 Å². The van der Waals surface area contributed by atoms with E-state index in [1.165, 1.54) is 32.4 Å². The number of hydrogen-bond acceptors (Lipinski definition) is 6. The zero-order valence-electron chi connectivity index (χ0n) is 15.7. The molecule has 0 unspecified atom stereocenters. The minimum atomic E-state index is 0.490. The maximum atomic E-state index is 5.41. The predicted molar refractivity (Wildman–Crippen MR) is 107 cm³/mol. The Hall–Kier alpha value is -3.06. The lowest BCUT2D eigenvalue weighted by atomic mass is 10.1. The molecule has 0 N–H and O–H groups in total. The van der Waals surface area contributed by atoms with Gasteiger partial charge in [-0.1, -0.05) is 11.6 Å². The molecule has 7 heteroatoms. The van der Waals surface area contributed by atoms with Crippen molar-refractivity contribution in [1.82, 2.24) is 29.6 Å². The van der Waals surface area contributed by atoms with E-state index < -0.39 is 0 Å². The van der Waals surface area contributed by atoms with Gasteiger partial charge in [0.1, 0.15) is 0 Å². The number of nitrogens with zero attached hydrogens (tertiary/aromatic N) is 6. The first-order valence-electron chi connectivity index (χ1n) is 9.78. The molecule has 0 amide bonds. The van der Waals surface area contributed by atoms with Gasteiger partial charge in [0.05, 0.1) is 17.4 Å². The largest absolute Gasteiger partial charge is 0.334 e. The van der Waals surface area contributed by atoms with Crippen molar-refractivity contribution in [3.05, 3.63) is 49.1 Å². The second-order valence-corrected chi connectivity index (χ2v) is 7.20. The minimum Gasteiger partial charge on any atom is -0.334 e. The first-order chi connectivity index (χ1) is 13.9. The Morgan fingerprint density at radius 1 is 0.929 bits per heavy atom. The normalized spacial score (nSPS) is 15.3. The fourth-order valence-corrected chi connectivity index (χ4v) is 3.77. The Balaban J connectivity index is 1.35. The molecule has 1 fully saturated rings. The summed E-state index contributed by atoms with van der Waals surface area (Å²) in [7, 11) is 0. The van der Waals surface area contributed by atoms with Gasteiger partial charge in [-0.05, 0) is 56.3 Å². The third kappa shape index (κ3) is 3.41. The van der Waals surface area contributed by atoms with Gasteiger partial charge >= 0.3 is 0 Å². The lowest BCUT2D eigenvalue weighted by Gasteiger charge is -2.26. The first kappa shape index (κ1) is 17.1. The molecule has 28 heavy (non-hydrogen) atoms. The molecule has 1 aromatic carbocycles. The molecule has 0 saturated carbocycles. The van der Waals surface area contributed by atoms with Crippen molar-refractivity contribution in [2.24, 2.45) is 0 Å². The third-order valence-corrected chi connectivity index (χ3v) is 5.34. The molecule has 142 valence electrons. The smallest absolute Gasteiger partial charge is 0.258 e. The van der Waals surface area contributed by atoms with Gasteiger partial charge in [-0.2, -0.15) is 4.98 Å². The van der Waals surface area contributed by atoms with E-state index in [1.807, 2.05) is 30.6 Å². The number of rotatable bonds is 5. The van der Waals surface area contributed by atoms with E-state index in [-0.39, 0.29) is 0 Å². The van der Waals surface area contributed by atoms with Gasteiger partial charge in [0.2, 0.25) is 5.82 Å². The molecule has 5 rings (SSSR count). The van der Waals surface area contributed by atoms with E-state index >= 15 is 0 Å². The molecule has 0 radical (unpaired) electrons. The molecule has 1 aliphatic rings. The Bertz CT molecular complexity index is 1060. The van der Waals surface area contributed by atoms with Gasteiger partial charge in [-0.15, -0.1) is 0 Å². The molecule has 4 aromatic rings. The van der Waals surface area contributed by atoms with Gasteiger partial charge in [0, 0.05) is 36.6 Å². The van der Waals surface area contributed by atoms with E-state index in [0.29, 0.717) is 11.7 Å². The van der Waals surface area contributed by atoms with Crippen LogP contribution in [0.2, 0.25) is 0 Å². The van der Waals surface area contributed by atoms with Crippen LogP contribution in [0.1, 0.15) is 19.3 Å². The number of benzene rings is 1. The topological polar surface area (TPSA) is 72.9 Å². The molecular formula is C21H22N6O. The molecule has 7 nitrogen and oxygen atoms in total. The van der Waals surface area contributed by atoms with Crippen molar-refractivity contribution in [2.75, 3.05) is 19.6 Å². The van der Waals surface area contributed by atoms with Crippen LogP contribution in [0.15, 0.2) is 53.6 Å². The second-order valence-electron chi connectivity index (χ2n) is 7.20. The van der Waals surface area contributed by atoms with Gasteiger partial charge in [0.25, 0.3) is 5.89 Å². The molecule has 0 bridgehead atoms. The van der Waals surface area contributed by atoms with Gasteiger partial charge < -0.3 is 14.0 Å². The van der Waals surface area contributed by atoms with Crippen molar-refractivity contribution < 1.29 is 4.52 Å². The highest BCUT2D eigenvalue weighted by Crippen LogP contribution is 2.24. The molecule has 1 aliphatic heterocycles. The van der Waals surface area contributed by atoms with Crippen LogP contribution in [0.3, 0.4) is 0 Å². The SMILES string of the molecule is c1cc(-c2nc(-c3ccc4c(c3)ncn4CCN3CCCCC3)no2)ccn1. The summed E-state index contributed by atoms with van der Waals surface area (Å²) in [4.78, 5) is 15.7. The Morgan fingerprint density at radius 2 is 1.79 bits per heavy atom. The quantitative estimate of drug-likeness (QED) is 0.531. The summed E-state index contributed by atoms with van der Waals surface area (Å²) in [6.45, 7) is 4.47. The third-order valence-electron chi connectivity index (χ3n) is 5.34. The number of hydrogen-bond donors (Lipinski definition) is 0. The average molecular weight is 374 g/mol. The fourth-order valence-electron chi connectivity index (χ4n) is 3.77. The number of pyridine rings is 1. The van der Waals surface area contributed by atoms with Crippen LogP contribution in [0, 0.1) is 0 Å². The minimum absolute atomic E-state index is 0.490. The van der Waals surface area contributed by atoms with Crippen molar-refractivity contribution in [2.45, 2.75) is 25.8 Å². The lowest BCUT2D eigenvalue weighted by molar-refractivity contribution is 0.221. The van der Waals surface area contributed by atoms with Gasteiger partial charge in [-0.3, -0.25) is 4.98 Å². The van der Waals surface area contributed by atoms with E-state index in [4.69, 9.17) is 4.52 Å². The van der Waals surface area contributed by atoms with E-state index in [1.54, 1.807) is 12.4 Å². The number of imidazole rings is 1. The first-order valence-corrected chi connectivity index (χ1v) is 9.78. The summed E-state index contributed by atoms with van der Waals surface area (Å²) >= 11 is 0. The van der Waals surface area contributed by atoms with E-state index in [0.717, 1.165) is 35.2 Å². The monoisotopic (exact) mass is 374 g/mol. The van der Waals surface area contributed by atoms with Crippen LogP contribution < -0.4 is 0 Å². The van der Waals surface area contributed by atoms with Crippen LogP contribution >= 0.6 is 0 Å². The Labute approximate surface area is 163 Å². The zero-order valence-corrected chi connectivity index (χ0v) is 15.7. The fraction of sp³-hybridized carbons (Fsp3) is 0.333. The molecule has 4 heterocycles. The maximum Gasteiger partial charge on any atom is 0.258 e. The van der Waals surface area contributed by atoms with Crippen LogP contribution in [0.25, 0.3) is 33.9 Å². The zero-order chi connectivity index (χ0) is 18.8. The van der Waals surface area contributed by atoms with Crippen molar-refractivity contribution >= 4 is 11.0 Å². The Morgan fingerprint density at radius 3 is 2.64 bits per heavy atom. The average Bonchev–Trinajstić information content (AvgIpc) is 3.41. The van der Waals surface area contributed by atoms with Crippen LogP contribution in [0.4, 0.5) is 0 Å². The predicted octanol–water partition coefficient (Wildman–Crippen LogP) is 3.63. The molecule has 0 atom stereocenters. The lowest BCUT2D eigenvalue weighted by Crippen LogP contribution is -2.32. The maximum absolute atomic E-state index is 5.41. The number of likely N-dealkylation sites (tertiary alicyclic amines) is 1. The summed E-state index contributed by atoms with van der Waals surface area (Å²) < 4.78 is 7.64. The molecule has 1 saturated heterocycles. The number of piperidine rings is 1. The number of fused-ring (bicyclic) bond motifs is 1. The highest BCUT2D eigenvalue weighted by atomic mass is 16.5. The highest BCUT2D eigenvalue weighted by molar-refractivity contribution is 5.80. The van der Waals surface area contributed by atoms with Crippen molar-refractivity contribution in [1.29, 1.82) is 0 Å². The standard InChI is InChI=1S/C21H22N6O/c1-2-10-26(11-3-1)12-13-27-15-23-18-14-17(4-5-19(18)27)20-24-21(28-25-20)16-6-8-22-9-7-16/h4-9,14-15H,1-3,10-13H2. The van der Waals surface area contributed by atoms with E-state index in [9.17, 15) is 0 Å². The molecule has 0 aliphatic carbocycles. The summed E-state index contributed by atoms with van der Waals surface area (Å²) in [6.07, 6.45) is 9.35. The molecule has 3 aromatic heterocycles. The summed E-state index contributed by atoms with van der Waals surface area (Å²) in [5, 5.41) is 4.13. The Kier molecular flexibility index (Phi) is 4.58. The van der Waals surface area contributed by atoms with Crippen LogP contribution in [-0.2, 0) is 6.54 Å². The number of aromatic nitrogens is 5. The summed E-state index contributed by atoms with van der Waals surface area (Å²) in [5.41, 5.74) is 3.85. The van der Waals surface area contributed by atoms with Crippen molar-refractivity contribution in [3.63, 3.8) is 0 Å². The highest BCUT2D eigenvalue weighted by Gasteiger charge is 2.13. The van der Waals surface area contributed by atoms with Crippen LogP contribution in [0.5, 0.6) is 0 Å². The van der Waals surface area contributed by atoms with Crippen molar-refractivity contribution in [3.8, 4) is 22.8 Å². The molecule has 0 spiro atoms. The van der Waals surface area contributed by atoms with Gasteiger partial charge in [0.15, 0.2) is 0 Å². The second kappa shape index (κ2) is 7.52.